The number of aryl methyl sites for hydroxylation is 1. The van der Waals surface area contributed by atoms with E-state index in [-0.39, 0.29) is 17.7 Å². The normalized spacial score (nSPS) is 17.8. The number of rotatable bonds is 2. The van der Waals surface area contributed by atoms with Gasteiger partial charge in [0, 0.05) is 11.6 Å². The van der Waals surface area contributed by atoms with Crippen LogP contribution in [-0.2, 0) is 17.6 Å². The minimum atomic E-state index is -0.887. The highest BCUT2D eigenvalue weighted by Crippen LogP contribution is 2.35. The van der Waals surface area contributed by atoms with Crippen molar-refractivity contribution >= 4 is 5.97 Å². The molecule has 1 N–H and O–H groups in total. The minimum Gasteiger partial charge on any atom is -0.481 e. The number of aromatic nitrogens is 1. The van der Waals surface area contributed by atoms with Crippen molar-refractivity contribution < 1.29 is 23.2 Å². The summed E-state index contributed by atoms with van der Waals surface area (Å²) in [5, 5.41) is 12.9. The van der Waals surface area contributed by atoms with Crippen molar-refractivity contribution in [3.63, 3.8) is 0 Å². The minimum absolute atomic E-state index is 0.103. The van der Waals surface area contributed by atoms with Crippen LogP contribution in [0.15, 0.2) is 22.7 Å². The fraction of sp³-hybridized carbons (Fsp3) is 0.286. The van der Waals surface area contributed by atoms with Gasteiger partial charge in [-0.15, -0.1) is 0 Å². The maximum absolute atomic E-state index is 13.8. The fourth-order valence-electron chi connectivity index (χ4n) is 2.50. The molecule has 1 heterocycles. The second-order valence-corrected chi connectivity index (χ2v) is 4.84. The number of carboxylic acids is 1. The Morgan fingerprint density at radius 2 is 2.20 bits per heavy atom. The number of fused-ring (bicyclic) bond motifs is 1. The predicted octanol–water partition coefficient (Wildman–Crippen LogP) is 2.81. The predicted molar refractivity (Wildman–Crippen MR) is 65.0 cm³/mol. The van der Waals surface area contributed by atoms with Gasteiger partial charge in [0.25, 0.3) is 0 Å². The van der Waals surface area contributed by atoms with Gasteiger partial charge in [-0.1, -0.05) is 5.16 Å². The zero-order valence-electron chi connectivity index (χ0n) is 10.4. The molecule has 0 saturated heterocycles. The van der Waals surface area contributed by atoms with E-state index in [1.165, 1.54) is 6.07 Å². The number of carboxylic acid groups (broad SMARTS) is 1. The number of halogens is 2. The Bertz CT molecular complexity index is 681. The summed E-state index contributed by atoms with van der Waals surface area (Å²) in [5.74, 6) is -2.64. The van der Waals surface area contributed by atoms with Gasteiger partial charge in [-0.05, 0) is 31.4 Å². The van der Waals surface area contributed by atoms with E-state index >= 15 is 0 Å². The summed E-state index contributed by atoms with van der Waals surface area (Å²) in [4.78, 5) is 11.1. The highest BCUT2D eigenvalue weighted by atomic mass is 19.1. The smallest absolute Gasteiger partial charge is 0.306 e. The first-order valence-corrected chi connectivity index (χ1v) is 6.22. The van der Waals surface area contributed by atoms with Crippen molar-refractivity contribution in [3.8, 4) is 11.3 Å². The molecule has 6 heteroatoms. The monoisotopic (exact) mass is 279 g/mol. The lowest BCUT2D eigenvalue weighted by atomic mass is 9.85. The Labute approximate surface area is 113 Å². The molecule has 0 radical (unpaired) electrons. The van der Waals surface area contributed by atoms with Gasteiger partial charge in [0.15, 0.2) is 5.76 Å². The molecule has 1 aromatic heterocycles. The van der Waals surface area contributed by atoms with Crippen LogP contribution < -0.4 is 0 Å². The molecule has 1 aliphatic carbocycles. The molecule has 0 bridgehead atoms. The van der Waals surface area contributed by atoms with E-state index in [9.17, 15) is 13.6 Å². The number of benzene rings is 1. The first kappa shape index (κ1) is 12.8. The van der Waals surface area contributed by atoms with Gasteiger partial charge in [0.2, 0.25) is 0 Å². The van der Waals surface area contributed by atoms with E-state index in [2.05, 4.69) is 5.16 Å². The summed E-state index contributed by atoms with van der Waals surface area (Å²) >= 11 is 0. The molecule has 0 amide bonds. The SMILES string of the molecule is O=C(O)C1CCc2noc(-c3ccc(F)cc3F)c2C1. The third-order valence-electron chi connectivity index (χ3n) is 3.57. The van der Waals surface area contributed by atoms with Crippen LogP contribution in [0.25, 0.3) is 11.3 Å². The Balaban J connectivity index is 2.04. The number of nitrogens with zero attached hydrogens (tertiary/aromatic N) is 1. The lowest BCUT2D eigenvalue weighted by Gasteiger charge is -2.17. The topological polar surface area (TPSA) is 63.3 Å². The Morgan fingerprint density at radius 1 is 1.40 bits per heavy atom. The molecule has 1 atom stereocenters. The zero-order chi connectivity index (χ0) is 14.3. The maximum atomic E-state index is 13.8. The van der Waals surface area contributed by atoms with Crippen LogP contribution in [-0.4, -0.2) is 16.2 Å². The van der Waals surface area contributed by atoms with E-state index in [0.29, 0.717) is 24.1 Å². The van der Waals surface area contributed by atoms with Crippen molar-refractivity contribution in [1.29, 1.82) is 0 Å². The number of hydrogen-bond acceptors (Lipinski definition) is 3. The molecule has 104 valence electrons. The fourth-order valence-corrected chi connectivity index (χ4v) is 2.50. The highest BCUT2D eigenvalue weighted by Gasteiger charge is 2.30. The molecular weight excluding hydrogens is 268 g/mol. The van der Waals surface area contributed by atoms with E-state index in [1.54, 1.807) is 0 Å². The molecule has 20 heavy (non-hydrogen) atoms. The van der Waals surface area contributed by atoms with Crippen molar-refractivity contribution in [3.05, 3.63) is 41.1 Å². The van der Waals surface area contributed by atoms with Crippen LogP contribution in [0.4, 0.5) is 8.78 Å². The van der Waals surface area contributed by atoms with Crippen LogP contribution in [0.2, 0.25) is 0 Å². The van der Waals surface area contributed by atoms with E-state index in [4.69, 9.17) is 9.63 Å². The van der Waals surface area contributed by atoms with Gasteiger partial charge in [-0.2, -0.15) is 0 Å². The molecule has 2 aromatic rings. The maximum Gasteiger partial charge on any atom is 0.306 e. The molecular formula is C14H11F2NO3. The summed E-state index contributed by atoms with van der Waals surface area (Å²) in [7, 11) is 0. The van der Waals surface area contributed by atoms with Crippen molar-refractivity contribution in [2.45, 2.75) is 19.3 Å². The standard InChI is InChI=1S/C14H11F2NO3/c15-8-2-3-9(11(16)6-8)13-10-5-7(14(18)19)1-4-12(10)17-20-13/h2-3,6-7H,1,4-5H2,(H,18,19). The van der Waals surface area contributed by atoms with E-state index < -0.39 is 23.5 Å². The van der Waals surface area contributed by atoms with E-state index in [0.717, 1.165) is 12.1 Å². The molecule has 0 fully saturated rings. The molecule has 3 rings (SSSR count). The van der Waals surface area contributed by atoms with Gasteiger partial charge in [0.05, 0.1) is 17.2 Å². The van der Waals surface area contributed by atoms with Crippen LogP contribution in [0.3, 0.4) is 0 Å². The summed E-state index contributed by atoms with van der Waals surface area (Å²) < 4.78 is 31.9. The average Bonchev–Trinajstić information content (AvgIpc) is 2.81. The Hall–Kier alpha value is -2.24. The second-order valence-electron chi connectivity index (χ2n) is 4.84. The summed E-state index contributed by atoms with van der Waals surface area (Å²) in [6.07, 6.45) is 1.22. The molecule has 1 aromatic carbocycles. The largest absolute Gasteiger partial charge is 0.481 e. The van der Waals surface area contributed by atoms with Crippen molar-refractivity contribution in [2.24, 2.45) is 5.92 Å². The summed E-state index contributed by atoms with van der Waals surface area (Å²) in [6, 6.07) is 3.17. The number of carbonyl (C=O) groups is 1. The first-order chi connectivity index (χ1) is 9.56. The first-order valence-electron chi connectivity index (χ1n) is 6.22. The quantitative estimate of drug-likeness (QED) is 0.918. The average molecular weight is 279 g/mol. The van der Waals surface area contributed by atoms with Crippen molar-refractivity contribution in [2.75, 3.05) is 0 Å². The second kappa shape index (κ2) is 4.70. The van der Waals surface area contributed by atoms with Gasteiger partial charge in [-0.3, -0.25) is 4.79 Å². The third kappa shape index (κ3) is 2.07. The third-order valence-corrected chi connectivity index (χ3v) is 3.57. The lowest BCUT2D eigenvalue weighted by molar-refractivity contribution is -0.142. The molecule has 0 saturated carbocycles. The zero-order valence-corrected chi connectivity index (χ0v) is 10.4. The lowest BCUT2D eigenvalue weighted by Crippen LogP contribution is -2.22. The summed E-state index contributed by atoms with van der Waals surface area (Å²) in [5.41, 5.74) is 1.36. The molecule has 0 spiro atoms. The van der Waals surface area contributed by atoms with Gasteiger partial charge in [0.1, 0.15) is 11.6 Å². The van der Waals surface area contributed by atoms with Gasteiger partial charge >= 0.3 is 5.97 Å². The Morgan fingerprint density at radius 3 is 2.90 bits per heavy atom. The van der Waals surface area contributed by atoms with Crippen LogP contribution in [0.1, 0.15) is 17.7 Å². The van der Waals surface area contributed by atoms with Gasteiger partial charge < -0.3 is 9.63 Å². The number of hydrogen-bond donors (Lipinski definition) is 1. The Kier molecular flexibility index (Phi) is 3.00. The summed E-state index contributed by atoms with van der Waals surface area (Å²) in [6.45, 7) is 0. The highest BCUT2D eigenvalue weighted by molar-refractivity contribution is 5.72. The van der Waals surface area contributed by atoms with E-state index in [1.807, 2.05) is 0 Å². The number of aliphatic carboxylic acids is 1. The van der Waals surface area contributed by atoms with Crippen LogP contribution in [0, 0.1) is 17.6 Å². The van der Waals surface area contributed by atoms with Gasteiger partial charge in [-0.25, -0.2) is 8.78 Å². The molecule has 1 aliphatic rings. The molecule has 0 aliphatic heterocycles. The molecule has 1 unspecified atom stereocenters. The van der Waals surface area contributed by atoms with Crippen molar-refractivity contribution in [1.82, 2.24) is 5.16 Å². The molecule has 4 nitrogen and oxygen atoms in total. The van der Waals surface area contributed by atoms with Crippen LogP contribution >= 0.6 is 0 Å². The van der Waals surface area contributed by atoms with Crippen LogP contribution in [0.5, 0.6) is 0 Å².